The van der Waals surface area contributed by atoms with Crippen molar-refractivity contribution in [3.8, 4) is 0 Å². The Labute approximate surface area is 121 Å². The van der Waals surface area contributed by atoms with Crippen molar-refractivity contribution in [3.05, 3.63) is 32.7 Å². The minimum Gasteiger partial charge on any atom is -0.464 e. The summed E-state index contributed by atoms with van der Waals surface area (Å²) in [5.41, 5.74) is 0.453. The first-order chi connectivity index (χ1) is 8.86. The van der Waals surface area contributed by atoms with Crippen LogP contribution in [0.2, 0.25) is 0 Å². The van der Waals surface area contributed by atoms with Gasteiger partial charge < -0.3 is 4.74 Å². The molecule has 4 nitrogen and oxygen atoms in total. The van der Waals surface area contributed by atoms with Gasteiger partial charge in [-0.15, -0.1) is 0 Å². The summed E-state index contributed by atoms with van der Waals surface area (Å²) in [7, 11) is 0. The summed E-state index contributed by atoms with van der Waals surface area (Å²) in [6.07, 6.45) is 2.23. The van der Waals surface area contributed by atoms with Crippen LogP contribution in [0.25, 0.3) is 0 Å². The minimum absolute atomic E-state index is 0.151. The van der Waals surface area contributed by atoms with E-state index in [1.54, 1.807) is 26.1 Å². The SMILES string of the molecule is CCOC(=O)C(CC(C)C)n1cc(Br)cc(C)c1=O. The van der Waals surface area contributed by atoms with Crippen molar-refractivity contribution in [1.82, 2.24) is 4.57 Å². The average Bonchev–Trinajstić information content (AvgIpc) is 2.31. The van der Waals surface area contributed by atoms with Gasteiger partial charge in [0.15, 0.2) is 0 Å². The molecule has 1 aromatic heterocycles. The first-order valence-corrected chi connectivity index (χ1v) is 7.21. The van der Waals surface area contributed by atoms with Gasteiger partial charge in [0.05, 0.1) is 6.61 Å². The van der Waals surface area contributed by atoms with E-state index in [4.69, 9.17) is 4.74 Å². The highest BCUT2D eigenvalue weighted by Gasteiger charge is 2.24. The van der Waals surface area contributed by atoms with Gasteiger partial charge in [0.25, 0.3) is 5.56 Å². The average molecular weight is 330 g/mol. The molecule has 1 atom stereocenters. The van der Waals surface area contributed by atoms with Crippen LogP contribution in [-0.4, -0.2) is 17.1 Å². The van der Waals surface area contributed by atoms with Crippen LogP contribution in [0.3, 0.4) is 0 Å². The monoisotopic (exact) mass is 329 g/mol. The molecular formula is C14H20BrNO3. The molecule has 0 fully saturated rings. The Morgan fingerprint density at radius 2 is 2.11 bits per heavy atom. The number of pyridine rings is 1. The van der Waals surface area contributed by atoms with Gasteiger partial charge in [-0.1, -0.05) is 13.8 Å². The van der Waals surface area contributed by atoms with Gasteiger partial charge in [0.1, 0.15) is 6.04 Å². The molecule has 0 bridgehead atoms. The zero-order chi connectivity index (χ0) is 14.6. The molecular weight excluding hydrogens is 310 g/mol. The summed E-state index contributed by atoms with van der Waals surface area (Å²) in [4.78, 5) is 24.2. The lowest BCUT2D eigenvalue weighted by molar-refractivity contribution is -0.147. The molecule has 0 saturated heterocycles. The number of ether oxygens (including phenoxy) is 1. The fraction of sp³-hybridized carbons (Fsp3) is 0.571. The van der Waals surface area contributed by atoms with E-state index >= 15 is 0 Å². The summed E-state index contributed by atoms with van der Waals surface area (Å²) in [5.74, 6) is -0.0589. The van der Waals surface area contributed by atoms with Gasteiger partial charge in [-0.25, -0.2) is 4.79 Å². The van der Waals surface area contributed by atoms with Crippen LogP contribution in [0, 0.1) is 12.8 Å². The molecule has 0 saturated carbocycles. The highest BCUT2D eigenvalue weighted by Crippen LogP contribution is 2.20. The summed E-state index contributed by atoms with van der Waals surface area (Å²) >= 11 is 3.36. The molecule has 106 valence electrons. The Balaban J connectivity index is 3.24. The van der Waals surface area contributed by atoms with Crippen LogP contribution >= 0.6 is 15.9 Å². The van der Waals surface area contributed by atoms with Crippen molar-refractivity contribution in [3.63, 3.8) is 0 Å². The predicted octanol–water partition coefficient (Wildman–Crippen LogP) is 3.07. The zero-order valence-corrected chi connectivity index (χ0v) is 13.4. The van der Waals surface area contributed by atoms with Crippen molar-refractivity contribution < 1.29 is 9.53 Å². The number of esters is 1. The highest BCUT2D eigenvalue weighted by molar-refractivity contribution is 9.10. The van der Waals surface area contributed by atoms with E-state index in [0.29, 0.717) is 24.5 Å². The first-order valence-electron chi connectivity index (χ1n) is 6.41. The van der Waals surface area contributed by atoms with Crippen LogP contribution in [0.4, 0.5) is 0 Å². The topological polar surface area (TPSA) is 48.3 Å². The fourth-order valence-corrected chi connectivity index (χ4v) is 2.50. The Morgan fingerprint density at radius 3 is 2.63 bits per heavy atom. The van der Waals surface area contributed by atoms with Crippen LogP contribution in [0.1, 0.15) is 38.8 Å². The predicted molar refractivity (Wildman–Crippen MR) is 78.3 cm³/mol. The van der Waals surface area contributed by atoms with E-state index in [2.05, 4.69) is 15.9 Å². The Morgan fingerprint density at radius 1 is 1.47 bits per heavy atom. The molecule has 1 rings (SSSR count). The lowest BCUT2D eigenvalue weighted by Gasteiger charge is -2.20. The van der Waals surface area contributed by atoms with Gasteiger partial charge in [-0.2, -0.15) is 0 Å². The van der Waals surface area contributed by atoms with Crippen LogP contribution in [0.15, 0.2) is 21.5 Å². The molecule has 1 aromatic rings. The van der Waals surface area contributed by atoms with Crippen LogP contribution < -0.4 is 5.56 Å². The molecule has 0 spiro atoms. The van der Waals surface area contributed by atoms with Gasteiger partial charge in [-0.05, 0) is 48.2 Å². The highest BCUT2D eigenvalue weighted by atomic mass is 79.9. The molecule has 0 aromatic carbocycles. The van der Waals surface area contributed by atoms with E-state index < -0.39 is 6.04 Å². The number of hydrogen-bond donors (Lipinski definition) is 0. The van der Waals surface area contributed by atoms with Gasteiger partial charge in [-0.3, -0.25) is 9.36 Å². The standard InChI is InChI=1S/C14H20BrNO3/c1-5-19-14(18)12(6-9(2)3)16-8-11(15)7-10(4)13(16)17/h7-9,12H,5-6H2,1-4H3. The van der Waals surface area contributed by atoms with E-state index in [1.807, 2.05) is 13.8 Å². The van der Waals surface area contributed by atoms with Gasteiger partial charge >= 0.3 is 5.97 Å². The van der Waals surface area contributed by atoms with E-state index in [0.717, 1.165) is 4.47 Å². The molecule has 1 unspecified atom stereocenters. The van der Waals surface area contributed by atoms with E-state index in [9.17, 15) is 9.59 Å². The molecule has 0 aliphatic heterocycles. The maximum atomic E-state index is 12.2. The summed E-state index contributed by atoms with van der Waals surface area (Å²) < 4.78 is 7.33. The maximum absolute atomic E-state index is 12.2. The number of carbonyl (C=O) groups is 1. The molecule has 0 N–H and O–H groups in total. The molecule has 1 heterocycles. The largest absolute Gasteiger partial charge is 0.464 e. The third-order valence-corrected chi connectivity index (χ3v) is 3.21. The molecule has 0 aliphatic carbocycles. The van der Waals surface area contributed by atoms with Crippen molar-refractivity contribution in [2.75, 3.05) is 6.61 Å². The zero-order valence-electron chi connectivity index (χ0n) is 11.8. The number of hydrogen-bond acceptors (Lipinski definition) is 3. The summed E-state index contributed by atoms with van der Waals surface area (Å²) in [6, 6.07) is 1.18. The number of nitrogens with zero attached hydrogens (tertiary/aromatic N) is 1. The second kappa shape index (κ2) is 6.89. The number of aromatic nitrogens is 1. The van der Waals surface area contributed by atoms with E-state index in [-0.39, 0.29) is 11.5 Å². The van der Waals surface area contributed by atoms with Crippen molar-refractivity contribution in [2.24, 2.45) is 5.92 Å². The van der Waals surface area contributed by atoms with Gasteiger partial charge in [0, 0.05) is 16.2 Å². The lowest BCUT2D eigenvalue weighted by Crippen LogP contribution is -2.32. The number of aryl methyl sites for hydroxylation is 1. The second-order valence-electron chi connectivity index (χ2n) is 4.95. The minimum atomic E-state index is -0.566. The summed E-state index contributed by atoms with van der Waals surface area (Å²) in [5, 5.41) is 0. The lowest BCUT2D eigenvalue weighted by atomic mass is 10.0. The molecule has 0 aliphatic rings. The van der Waals surface area contributed by atoms with Crippen molar-refractivity contribution >= 4 is 21.9 Å². The normalized spacial score (nSPS) is 12.5. The van der Waals surface area contributed by atoms with Crippen molar-refractivity contribution in [2.45, 2.75) is 40.2 Å². The quantitative estimate of drug-likeness (QED) is 0.780. The Kier molecular flexibility index (Phi) is 5.79. The van der Waals surface area contributed by atoms with Gasteiger partial charge in [0.2, 0.25) is 0 Å². The number of carbonyl (C=O) groups excluding carboxylic acids is 1. The third kappa shape index (κ3) is 4.20. The van der Waals surface area contributed by atoms with Crippen molar-refractivity contribution in [1.29, 1.82) is 0 Å². The smallest absolute Gasteiger partial charge is 0.329 e. The number of halogens is 1. The number of rotatable bonds is 5. The summed E-state index contributed by atoms with van der Waals surface area (Å²) in [6.45, 7) is 7.85. The first kappa shape index (κ1) is 16.0. The molecule has 0 radical (unpaired) electrons. The fourth-order valence-electron chi connectivity index (χ4n) is 1.94. The maximum Gasteiger partial charge on any atom is 0.329 e. The Hall–Kier alpha value is -1.10. The molecule has 0 amide bonds. The molecule has 5 heteroatoms. The molecule has 19 heavy (non-hydrogen) atoms. The second-order valence-corrected chi connectivity index (χ2v) is 5.87. The van der Waals surface area contributed by atoms with Crippen LogP contribution in [0.5, 0.6) is 0 Å². The van der Waals surface area contributed by atoms with E-state index in [1.165, 1.54) is 4.57 Å². The van der Waals surface area contributed by atoms with Crippen LogP contribution in [-0.2, 0) is 9.53 Å². The Bertz CT molecular complexity index is 508. The third-order valence-electron chi connectivity index (χ3n) is 2.78.